The fourth-order valence-corrected chi connectivity index (χ4v) is 18.6. The summed E-state index contributed by atoms with van der Waals surface area (Å²) in [5.41, 5.74) is 0. The molecule has 0 spiro atoms. The summed E-state index contributed by atoms with van der Waals surface area (Å²) >= 11 is -1.92. The van der Waals surface area contributed by atoms with Gasteiger partial charge in [-0.25, -0.2) is 0 Å². The SMILES string of the molecule is CCC[CH2][Sn]([CH2]CC=O)([CH2]CCC)[CH2]CCC. The molecule has 0 atom stereocenters. The van der Waals surface area contributed by atoms with Crippen molar-refractivity contribution in [3.8, 4) is 0 Å². The van der Waals surface area contributed by atoms with Crippen LogP contribution < -0.4 is 0 Å². The van der Waals surface area contributed by atoms with E-state index in [4.69, 9.17) is 0 Å². The minimum atomic E-state index is -1.92. The summed E-state index contributed by atoms with van der Waals surface area (Å²) < 4.78 is 5.95. The van der Waals surface area contributed by atoms with Crippen molar-refractivity contribution in [2.45, 2.75) is 83.5 Å². The van der Waals surface area contributed by atoms with Crippen LogP contribution >= 0.6 is 0 Å². The van der Waals surface area contributed by atoms with Crippen LogP contribution in [-0.2, 0) is 4.79 Å². The van der Waals surface area contributed by atoms with Crippen LogP contribution in [0.3, 0.4) is 0 Å². The van der Waals surface area contributed by atoms with Crippen LogP contribution in [0.1, 0.15) is 65.7 Å². The van der Waals surface area contributed by atoms with E-state index in [-0.39, 0.29) is 0 Å². The van der Waals surface area contributed by atoms with Crippen molar-refractivity contribution in [3.05, 3.63) is 0 Å². The molecule has 0 aromatic rings. The second-order valence-corrected chi connectivity index (χ2v) is 19.8. The molecule has 0 heterocycles. The van der Waals surface area contributed by atoms with Crippen molar-refractivity contribution in [1.82, 2.24) is 0 Å². The Morgan fingerprint density at radius 3 is 1.47 bits per heavy atom. The number of carbonyl (C=O) groups excluding carboxylic acids is 1. The van der Waals surface area contributed by atoms with Gasteiger partial charge in [0.25, 0.3) is 0 Å². The zero-order chi connectivity index (χ0) is 13.0. The molecule has 0 amide bonds. The van der Waals surface area contributed by atoms with Gasteiger partial charge in [0.05, 0.1) is 0 Å². The first-order valence-corrected chi connectivity index (χ1v) is 15.8. The van der Waals surface area contributed by atoms with E-state index >= 15 is 0 Å². The third-order valence-electron chi connectivity index (χ3n) is 3.97. The van der Waals surface area contributed by atoms with E-state index in [1.807, 2.05) is 0 Å². The van der Waals surface area contributed by atoms with Crippen molar-refractivity contribution >= 4 is 24.7 Å². The maximum absolute atomic E-state index is 10.7. The Labute approximate surface area is 113 Å². The average molecular weight is 347 g/mol. The van der Waals surface area contributed by atoms with E-state index in [1.54, 1.807) is 13.3 Å². The molecule has 0 unspecified atom stereocenters. The van der Waals surface area contributed by atoms with Crippen LogP contribution in [-0.4, -0.2) is 24.7 Å². The molecule has 0 radical (unpaired) electrons. The summed E-state index contributed by atoms with van der Waals surface area (Å²) in [5.74, 6) is 0. The second-order valence-electron chi connectivity index (χ2n) is 5.52. The van der Waals surface area contributed by atoms with Gasteiger partial charge in [0.2, 0.25) is 0 Å². The van der Waals surface area contributed by atoms with Crippen molar-refractivity contribution in [1.29, 1.82) is 0 Å². The zero-order valence-corrected chi connectivity index (χ0v) is 15.1. The van der Waals surface area contributed by atoms with Crippen molar-refractivity contribution in [2.75, 3.05) is 0 Å². The van der Waals surface area contributed by atoms with E-state index in [0.717, 1.165) is 12.7 Å². The molecule has 2 heteroatoms. The predicted molar refractivity (Wildman–Crippen MR) is 80.4 cm³/mol. The number of aldehydes is 1. The summed E-state index contributed by atoms with van der Waals surface area (Å²) in [6.45, 7) is 6.90. The molecule has 1 nitrogen and oxygen atoms in total. The monoisotopic (exact) mass is 348 g/mol. The van der Waals surface area contributed by atoms with Gasteiger partial charge in [-0.15, -0.1) is 0 Å². The molecule has 0 rings (SSSR count). The van der Waals surface area contributed by atoms with Gasteiger partial charge in [-0.2, -0.15) is 0 Å². The van der Waals surface area contributed by atoms with Gasteiger partial charge < -0.3 is 0 Å². The van der Waals surface area contributed by atoms with Crippen LogP contribution in [0.4, 0.5) is 0 Å². The van der Waals surface area contributed by atoms with Gasteiger partial charge in [-0.3, -0.25) is 0 Å². The first kappa shape index (κ1) is 17.5. The Kier molecular flexibility index (Phi) is 11.9. The molecule has 0 aromatic carbocycles. The predicted octanol–water partition coefficient (Wildman–Crippen LogP) is 5.42. The van der Waals surface area contributed by atoms with Crippen molar-refractivity contribution in [2.24, 2.45) is 0 Å². The standard InChI is InChI=1S/3C4H9.C3H5O.Sn/c3*1-3-4-2;1-2-3-4;/h3*1,3-4H2,2H3;3H,1-2H2;. The third kappa shape index (κ3) is 8.23. The van der Waals surface area contributed by atoms with Crippen LogP contribution in [0.2, 0.25) is 17.7 Å². The van der Waals surface area contributed by atoms with Crippen molar-refractivity contribution in [3.63, 3.8) is 0 Å². The number of rotatable bonds is 12. The van der Waals surface area contributed by atoms with E-state index in [9.17, 15) is 4.79 Å². The van der Waals surface area contributed by atoms with Gasteiger partial charge in [-0.1, -0.05) is 0 Å². The first-order valence-electron chi connectivity index (χ1n) is 7.68. The molecule has 0 saturated heterocycles. The third-order valence-corrected chi connectivity index (χ3v) is 19.9. The maximum atomic E-state index is 10.7. The molecule has 0 N–H and O–H groups in total. The summed E-state index contributed by atoms with van der Waals surface area (Å²) in [6, 6.07) is 0. The van der Waals surface area contributed by atoms with Crippen LogP contribution in [0, 0.1) is 0 Å². The molecule has 0 bridgehead atoms. The van der Waals surface area contributed by atoms with E-state index in [0.29, 0.717) is 0 Å². The minimum absolute atomic E-state index is 0.854. The first-order chi connectivity index (χ1) is 8.24. The summed E-state index contributed by atoms with van der Waals surface area (Å²) in [6.07, 6.45) is 10.3. The van der Waals surface area contributed by atoms with Gasteiger partial charge >= 0.3 is 113 Å². The summed E-state index contributed by atoms with van der Waals surface area (Å²) in [5, 5.41) is 0. The molecule has 102 valence electrons. The van der Waals surface area contributed by atoms with Crippen LogP contribution in [0.25, 0.3) is 0 Å². The Hall–Kier alpha value is 0.469. The van der Waals surface area contributed by atoms with Gasteiger partial charge in [-0.05, 0) is 0 Å². The van der Waals surface area contributed by atoms with Gasteiger partial charge in [0, 0.05) is 0 Å². The number of hydrogen-bond donors (Lipinski definition) is 0. The molecule has 0 fully saturated rings. The van der Waals surface area contributed by atoms with E-state index < -0.39 is 18.4 Å². The molecule has 0 aliphatic rings. The number of hydrogen-bond acceptors (Lipinski definition) is 1. The van der Waals surface area contributed by atoms with Crippen molar-refractivity contribution < 1.29 is 4.79 Å². The van der Waals surface area contributed by atoms with Crippen LogP contribution in [0.5, 0.6) is 0 Å². The Bertz CT molecular complexity index is 158. The van der Waals surface area contributed by atoms with Crippen LogP contribution in [0.15, 0.2) is 0 Å². The fourth-order valence-electron chi connectivity index (χ4n) is 2.77. The molecule has 17 heavy (non-hydrogen) atoms. The van der Waals surface area contributed by atoms with Gasteiger partial charge in [0.1, 0.15) is 0 Å². The zero-order valence-electron chi connectivity index (χ0n) is 12.3. The fraction of sp³-hybridized carbons (Fsp3) is 0.933. The molecule has 0 aliphatic heterocycles. The Morgan fingerprint density at radius 1 is 0.765 bits per heavy atom. The van der Waals surface area contributed by atoms with Gasteiger partial charge in [0.15, 0.2) is 0 Å². The number of carbonyl (C=O) groups is 1. The molecular weight excluding hydrogens is 315 g/mol. The van der Waals surface area contributed by atoms with E-state index in [1.165, 1.54) is 43.0 Å². The average Bonchev–Trinajstić information content (AvgIpc) is 2.37. The Morgan fingerprint density at radius 2 is 1.18 bits per heavy atom. The molecular formula is C15H32OSn. The molecule has 0 saturated carbocycles. The molecule has 0 aliphatic carbocycles. The Balaban J connectivity index is 4.44. The molecule has 0 aromatic heterocycles. The van der Waals surface area contributed by atoms with E-state index in [2.05, 4.69) is 20.8 Å². The second kappa shape index (κ2) is 11.6. The quantitative estimate of drug-likeness (QED) is 0.340. The summed E-state index contributed by atoms with van der Waals surface area (Å²) in [4.78, 5) is 10.7. The summed E-state index contributed by atoms with van der Waals surface area (Å²) in [7, 11) is 0. The normalized spacial score (nSPS) is 11.7. The number of unbranched alkanes of at least 4 members (excludes halogenated alkanes) is 3. The topological polar surface area (TPSA) is 17.1 Å².